The van der Waals surface area contributed by atoms with Crippen LogP contribution in [0.3, 0.4) is 0 Å². The molecule has 1 aromatic rings. The van der Waals surface area contributed by atoms with E-state index in [1.54, 1.807) is 6.26 Å². The van der Waals surface area contributed by atoms with Gasteiger partial charge in [0.2, 0.25) is 0 Å². The van der Waals surface area contributed by atoms with Gasteiger partial charge >= 0.3 is 0 Å². The number of nitrogens with two attached hydrogens (primary N) is 1. The van der Waals surface area contributed by atoms with Gasteiger partial charge in [-0.05, 0) is 50.3 Å². The number of nitrogens with zero attached hydrogens (tertiary/aromatic N) is 1. The third kappa shape index (κ3) is 2.40. The van der Waals surface area contributed by atoms with E-state index in [-0.39, 0.29) is 0 Å². The highest BCUT2D eigenvalue weighted by Gasteiger charge is 2.39. The molecule has 2 unspecified atom stereocenters. The lowest BCUT2D eigenvalue weighted by molar-refractivity contribution is 0.134. The molecule has 1 aromatic heterocycles. The van der Waals surface area contributed by atoms with E-state index < -0.39 is 0 Å². The second-order valence-electron chi connectivity index (χ2n) is 5.48. The van der Waals surface area contributed by atoms with Gasteiger partial charge in [-0.2, -0.15) is 0 Å². The second-order valence-corrected chi connectivity index (χ2v) is 5.48. The highest BCUT2D eigenvalue weighted by atomic mass is 16.3. The molecule has 94 valence electrons. The summed E-state index contributed by atoms with van der Waals surface area (Å²) in [5.74, 6) is 1.80. The van der Waals surface area contributed by atoms with Crippen LogP contribution in [0.5, 0.6) is 0 Å². The molecule has 0 aliphatic heterocycles. The van der Waals surface area contributed by atoms with E-state index in [0.29, 0.717) is 12.0 Å². The molecule has 2 atom stereocenters. The summed E-state index contributed by atoms with van der Waals surface area (Å²) in [6.07, 6.45) is 8.45. The van der Waals surface area contributed by atoms with Crippen molar-refractivity contribution in [2.75, 3.05) is 6.54 Å². The lowest BCUT2D eigenvalue weighted by Gasteiger charge is -2.32. The van der Waals surface area contributed by atoms with Crippen molar-refractivity contribution in [2.24, 2.45) is 11.7 Å². The van der Waals surface area contributed by atoms with Crippen LogP contribution in [0.15, 0.2) is 22.8 Å². The summed E-state index contributed by atoms with van der Waals surface area (Å²) in [4.78, 5) is 2.66. The highest BCUT2D eigenvalue weighted by molar-refractivity contribution is 5.02. The van der Waals surface area contributed by atoms with Crippen LogP contribution in [0.1, 0.15) is 37.9 Å². The Morgan fingerprint density at radius 3 is 2.82 bits per heavy atom. The first-order valence-electron chi connectivity index (χ1n) is 6.86. The first kappa shape index (κ1) is 11.3. The molecule has 3 nitrogen and oxygen atoms in total. The van der Waals surface area contributed by atoms with Crippen molar-refractivity contribution in [1.82, 2.24) is 4.90 Å². The fourth-order valence-electron chi connectivity index (χ4n) is 3.23. The third-order valence-electron chi connectivity index (χ3n) is 4.28. The summed E-state index contributed by atoms with van der Waals surface area (Å²) >= 11 is 0. The molecule has 0 amide bonds. The molecular formula is C14H22N2O. The summed E-state index contributed by atoms with van der Waals surface area (Å²) < 4.78 is 5.50. The number of hydrogen-bond acceptors (Lipinski definition) is 3. The van der Waals surface area contributed by atoms with Gasteiger partial charge < -0.3 is 10.2 Å². The Hall–Kier alpha value is -0.800. The van der Waals surface area contributed by atoms with Crippen molar-refractivity contribution in [3.05, 3.63) is 24.2 Å². The number of furan rings is 1. The molecule has 3 rings (SSSR count). The summed E-state index contributed by atoms with van der Waals surface area (Å²) in [6, 6.07) is 5.55. The minimum Gasteiger partial charge on any atom is -0.468 e. The fraction of sp³-hybridized carbons (Fsp3) is 0.714. The van der Waals surface area contributed by atoms with Crippen molar-refractivity contribution in [1.29, 1.82) is 0 Å². The molecule has 0 saturated heterocycles. The van der Waals surface area contributed by atoms with Gasteiger partial charge in [-0.1, -0.05) is 6.42 Å². The van der Waals surface area contributed by atoms with Crippen LogP contribution in [-0.4, -0.2) is 23.5 Å². The summed E-state index contributed by atoms with van der Waals surface area (Å²) in [5.41, 5.74) is 5.91. The zero-order valence-electron chi connectivity index (χ0n) is 10.3. The van der Waals surface area contributed by atoms with Crippen molar-refractivity contribution in [2.45, 2.75) is 50.7 Å². The van der Waals surface area contributed by atoms with E-state index in [2.05, 4.69) is 11.0 Å². The van der Waals surface area contributed by atoms with Gasteiger partial charge in [-0.25, -0.2) is 0 Å². The molecular weight excluding hydrogens is 212 g/mol. The highest BCUT2D eigenvalue weighted by Crippen LogP contribution is 2.38. The van der Waals surface area contributed by atoms with Crippen molar-refractivity contribution >= 4 is 0 Å². The quantitative estimate of drug-likeness (QED) is 0.850. The first-order chi connectivity index (χ1) is 8.38. The smallest absolute Gasteiger partial charge is 0.117 e. The van der Waals surface area contributed by atoms with Gasteiger partial charge in [0.15, 0.2) is 0 Å². The number of rotatable bonds is 5. The minimum absolute atomic E-state index is 0.692. The zero-order valence-corrected chi connectivity index (χ0v) is 10.3. The molecule has 0 bridgehead atoms. The van der Waals surface area contributed by atoms with Crippen molar-refractivity contribution in [3.63, 3.8) is 0 Å². The maximum Gasteiger partial charge on any atom is 0.117 e. The Morgan fingerprint density at radius 1 is 1.29 bits per heavy atom. The Morgan fingerprint density at radius 2 is 2.18 bits per heavy atom. The van der Waals surface area contributed by atoms with E-state index in [0.717, 1.165) is 24.9 Å². The molecule has 2 aliphatic rings. The monoisotopic (exact) mass is 234 g/mol. The molecule has 17 heavy (non-hydrogen) atoms. The lowest BCUT2D eigenvalue weighted by atomic mass is 10.0. The predicted molar refractivity (Wildman–Crippen MR) is 67.5 cm³/mol. The van der Waals surface area contributed by atoms with E-state index in [9.17, 15) is 0 Å². The van der Waals surface area contributed by atoms with Crippen LogP contribution in [0, 0.1) is 5.92 Å². The topological polar surface area (TPSA) is 42.4 Å². The lowest BCUT2D eigenvalue weighted by Crippen LogP contribution is -2.41. The molecule has 0 aromatic carbocycles. The predicted octanol–water partition coefficient (Wildman–Crippen LogP) is 2.37. The van der Waals surface area contributed by atoms with Crippen LogP contribution in [0.2, 0.25) is 0 Å². The molecule has 2 fully saturated rings. The zero-order chi connectivity index (χ0) is 11.7. The SMILES string of the molecule is NCC1CCCC1N(Cc1ccco1)C1CC1. The van der Waals surface area contributed by atoms with Gasteiger partial charge in [-0.3, -0.25) is 4.90 Å². The molecule has 2 N–H and O–H groups in total. The average molecular weight is 234 g/mol. The van der Waals surface area contributed by atoms with E-state index in [4.69, 9.17) is 10.2 Å². The molecule has 0 radical (unpaired) electrons. The van der Waals surface area contributed by atoms with Gasteiger partial charge in [0.1, 0.15) is 5.76 Å². The van der Waals surface area contributed by atoms with Crippen LogP contribution in [-0.2, 0) is 6.54 Å². The first-order valence-corrected chi connectivity index (χ1v) is 6.86. The molecule has 1 heterocycles. The van der Waals surface area contributed by atoms with Crippen LogP contribution < -0.4 is 5.73 Å². The summed E-state index contributed by atoms with van der Waals surface area (Å²) in [6.45, 7) is 1.81. The Balaban J connectivity index is 1.71. The summed E-state index contributed by atoms with van der Waals surface area (Å²) in [5, 5.41) is 0. The minimum atomic E-state index is 0.692. The normalized spacial score (nSPS) is 29.1. The molecule has 3 heteroatoms. The third-order valence-corrected chi connectivity index (χ3v) is 4.28. The Kier molecular flexibility index (Phi) is 3.21. The number of hydrogen-bond donors (Lipinski definition) is 1. The van der Waals surface area contributed by atoms with Crippen molar-refractivity contribution in [3.8, 4) is 0 Å². The molecule has 2 saturated carbocycles. The van der Waals surface area contributed by atoms with Crippen LogP contribution in [0.25, 0.3) is 0 Å². The Labute approximate surface area is 103 Å². The van der Waals surface area contributed by atoms with Crippen LogP contribution >= 0.6 is 0 Å². The standard InChI is InChI=1S/C14H22N2O/c15-9-11-3-1-5-14(11)16(12-6-7-12)10-13-4-2-8-17-13/h2,4,8,11-12,14H,1,3,5-7,9-10,15H2. The molecule has 2 aliphatic carbocycles. The fourth-order valence-corrected chi connectivity index (χ4v) is 3.23. The van der Waals surface area contributed by atoms with Gasteiger partial charge in [0, 0.05) is 12.1 Å². The Bertz CT molecular complexity index is 345. The van der Waals surface area contributed by atoms with E-state index in [1.165, 1.54) is 32.1 Å². The maximum absolute atomic E-state index is 5.91. The molecule has 0 spiro atoms. The maximum atomic E-state index is 5.91. The van der Waals surface area contributed by atoms with Crippen LogP contribution in [0.4, 0.5) is 0 Å². The van der Waals surface area contributed by atoms with Gasteiger partial charge in [0.05, 0.1) is 12.8 Å². The van der Waals surface area contributed by atoms with Gasteiger partial charge in [-0.15, -0.1) is 0 Å². The second kappa shape index (κ2) is 4.83. The average Bonchev–Trinajstić information content (AvgIpc) is 2.89. The van der Waals surface area contributed by atoms with Crippen molar-refractivity contribution < 1.29 is 4.42 Å². The largest absolute Gasteiger partial charge is 0.468 e. The van der Waals surface area contributed by atoms with Gasteiger partial charge in [0.25, 0.3) is 0 Å². The van der Waals surface area contributed by atoms with E-state index in [1.807, 2.05) is 6.07 Å². The summed E-state index contributed by atoms with van der Waals surface area (Å²) in [7, 11) is 0. The van der Waals surface area contributed by atoms with E-state index >= 15 is 0 Å².